The van der Waals surface area contributed by atoms with Crippen molar-refractivity contribution in [3.8, 4) is 0 Å². The standard InChI is InChI=1S/C13H27NO2/c1-3-5-12(15)10-14-11-7-8-16-13(9-11)6-4-2/h11-15H,3-10H2,1-2H3. The van der Waals surface area contributed by atoms with E-state index in [-0.39, 0.29) is 6.10 Å². The molecule has 0 aliphatic carbocycles. The maximum absolute atomic E-state index is 9.66. The molecule has 0 aromatic heterocycles. The molecule has 0 amide bonds. The molecule has 1 fully saturated rings. The topological polar surface area (TPSA) is 41.5 Å². The monoisotopic (exact) mass is 229 g/mol. The number of hydrogen-bond acceptors (Lipinski definition) is 3. The van der Waals surface area contributed by atoms with E-state index in [1.165, 1.54) is 6.42 Å². The van der Waals surface area contributed by atoms with Crippen LogP contribution in [0.25, 0.3) is 0 Å². The first kappa shape index (κ1) is 13.9. The fourth-order valence-corrected chi connectivity index (χ4v) is 2.33. The van der Waals surface area contributed by atoms with Gasteiger partial charge >= 0.3 is 0 Å². The average molecular weight is 229 g/mol. The second-order valence-corrected chi connectivity index (χ2v) is 4.85. The van der Waals surface area contributed by atoms with Gasteiger partial charge in [-0.2, -0.15) is 0 Å². The first-order valence-electron chi connectivity index (χ1n) is 6.79. The average Bonchev–Trinajstić information content (AvgIpc) is 2.28. The molecule has 2 N–H and O–H groups in total. The first-order valence-corrected chi connectivity index (χ1v) is 6.79. The Morgan fingerprint density at radius 3 is 2.88 bits per heavy atom. The molecule has 1 rings (SSSR count). The van der Waals surface area contributed by atoms with Gasteiger partial charge in [0.15, 0.2) is 0 Å². The smallest absolute Gasteiger partial charge is 0.0664 e. The van der Waals surface area contributed by atoms with E-state index in [2.05, 4.69) is 19.2 Å². The summed E-state index contributed by atoms with van der Waals surface area (Å²) in [6.07, 6.45) is 6.73. The van der Waals surface area contributed by atoms with Crippen molar-refractivity contribution in [2.75, 3.05) is 13.2 Å². The zero-order chi connectivity index (χ0) is 11.8. The maximum Gasteiger partial charge on any atom is 0.0664 e. The van der Waals surface area contributed by atoms with E-state index in [0.717, 1.165) is 45.3 Å². The molecule has 3 heteroatoms. The van der Waals surface area contributed by atoms with Gasteiger partial charge in [-0.25, -0.2) is 0 Å². The summed E-state index contributed by atoms with van der Waals surface area (Å²) in [6, 6.07) is 0.539. The Labute approximate surface area is 99.6 Å². The van der Waals surface area contributed by atoms with Crippen molar-refractivity contribution in [3.63, 3.8) is 0 Å². The molecule has 0 spiro atoms. The van der Waals surface area contributed by atoms with E-state index in [0.29, 0.717) is 12.1 Å². The molecule has 0 saturated carbocycles. The summed E-state index contributed by atoms with van der Waals surface area (Å²) in [5, 5.41) is 13.1. The molecule has 1 aliphatic rings. The minimum Gasteiger partial charge on any atom is -0.392 e. The zero-order valence-corrected chi connectivity index (χ0v) is 10.7. The van der Waals surface area contributed by atoms with Crippen LogP contribution in [-0.4, -0.2) is 36.5 Å². The van der Waals surface area contributed by atoms with Gasteiger partial charge in [0.05, 0.1) is 12.2 Å². The normalized spacial score (nSPS) is 27.9. The van der Waals surface area contributed by atoms with Gasteiger partial charge in [-0.1, -0.05) is 26.7 Å². The van der Waals surface area contributed by atoms with Gasteiger partial charge in [0, 0.05) is 19.2 Å². The summed E-state index contributed by atoms with van der Waals surface area (Å²) >= 11 is 0. The Hall–Kier alpha value is -0.120. The lowest BCUT2D eigenvalue weighted by Crippen LogP contribution is -2.42. The van der Waals surface area contributed by atoms with Crippen molar-refractivity contribution >= 4 is 0 Å². The highest BCUT2D eigenvalue weighted by molar-refractivity contribution is 4.77. The van der Waals surface area contributed by atoms with Crippen molar-refractivity contribution in [1.82, 2.24) is 5.32 Å². The summed E-state index contributed by atoms with van der Waals surface area (Å²) in [5.74, 6) is 0. The highest BCUT2D eigenvalue weighted by Crippen LogP contribution is 2.17. The van der Waals surface area contributed by atoms with Gasteiger partial charge in [-0.05, 0) is 25.7 Å². The quantitative estimate of drug-likeness (QED) is 0.702. The van der Waals surface area contributed by atoms with Gasteiger partial charge in [0.25, 0.3) is 0 Å². The molecule has 1 heterocycles. The molecule has 3 atom stereocenters. The van der Waals surface area contributed by atoms with Crippen molar-refractivity contribution in [1.29, 1.82) is 0 Å². The van der Waals surface area contributed by atoms with Gasteiger partial charge in [-0.3, -0.25) is 0 Å². The van der Waals surface area contributed by atoms with Gasteiger partial charge in [-0.15, -0.1) is 0 Å². The lowest BCUT2D eigenvalue weighted by atomic mass is 10.00. The largest absolute Gasteiger partial charge is 0.392 e. The zero-order valence-electron chi connectivity index (χ0n) is 10.7. The lowest BCUT2D eigenvalue weighted by molar-refractivity contribution is -0.00517. The summed E-state index contributed by atoms with van der Waals surface area (Å²) in [7, 11) is 0. The minimum atomic E-state index is -0.183. The molecule has 3 unspecified atom stereocenters. The number of aliphatic hydroxyl groups excluding tert-OH is 1. The third-order valence-electron chi connectivity index (χ3n) is 3.24. The highest BCUT2D eigenvalue weighted by atomic mass is 16.5. The second kappa shape index (κ2) is 8.04. The number of ether oxygens (including phenoxy) is 1. The molecule has 0 aromatic rings. The Balaban J connectivity index is 2.16. The summed E-state index contributed by atoms with van der Waals surface area (Å²) in [6.45, 7) is 5.91. The SMILES string of the molecule is CCCC(O)CNC1CCOC(CCC)C1. The molecular weight excluding hydrogens is 202 g/mol. The maximum atomic E-state index is 9.66. The summed E-state index contributed by atoms with van der Waals surface area (Å²) < 4.78 is 5.70. The minimum absolute atomic E-state index is 0.183. The van der Waals surface area contributed by atoms with Crippen LogP contribution in [0.2, 0.25) is 0 Å². The molecule has 0 bridgehead atoms. The molecular formula is C13H27NO2. The van der Waals surface area contributed by atoms with Crippen molar-refractivity contribution in [3.05, 3.63) is 0 Å². The molecule has 0 radical (unpaired) electrons. The summed E-state index contributed by atoms with van der Waals surface area (Å²) in [4.78, 5) is 0. The molecule has 3 nitrogen and oxygen atoms in total. The van der Waals surface area contributed by atoms with Crippen LogP contribution in [0.4, 0.5) is 0 Å². The third-order valence-corrected chi connectivity index (χ3v) is 3.24. The molecule has 1 aliphatic heterocycles. The number of rotatable bonds is 7. The molecule has 96 valence electrons. The second-order valence-electron chi connectivity index (χ2n) is 4.85. The van der Waals surface area contributed by atoms with Gasteiger partial charge in [0.2, 0.25) is 0 Å². The van der Waals surface area contributed by atoms with E-state index < -0.39 is 0 Å². The fourth-order valence-electron chi connectivity index (χ4n) is 2.33. The Morgan fingerprint density at radius 2 is 2.19 bits per heavy atom. The lowest BCUT2D eigenvalue weighted by Gasteiger charge is -2.30. The van der Waals surface area contributed by atoms with Crippen LogP contribution in [0.3, 0.4) is 0 Å². The number of aliphatic hydroxyl groups is 1. The van der Waals surface area contributed by atoms with E-state index in [9.17, 15) is 5.11 Å². The van der Waals surface area contributed by atoms with E-state index >= 15 is 0 Å². The van der Waals surface area contributed by atoms with Crippen LogP contribution < -0.4 is 5.32 Å². The van der Waals surface area contributed by atoms with Crippen molar-refractivity contribution in [2.24, 2.45) is 0 Å². The van der Waals surface area contributed by atoms with E-state index in [1.807, 2.05) is 0 Å². The van der Waals surface area contributed by atoms with Crippen LogP contribution in [0.15, 0.2) is 0 Å². The van der Waals surface area contributed by atoms with E-state index in [1.54, 1.807) is 0 Å². The highest BCUT2D eigenvalue weighted by Gasteiger charge is 2.21. The van der Waals surface area contributed by atoms with Crippen LogP contribution in [-0.2, 0) is 4.74 Å². The van der Waals surface area contributed by atoms with Crippen LogP contribution >= 0.6 is 0 Å². The predicted molar refractivity (Wildman–Crippen MR) is 66.6 cm³/mol. The molecule has 1 saturated heterocycles. The molecule has 16 heavy (non-hydrogen) atoms. The van der Waals surface area contributed by atoms with Gasteiger partial charge in [0.1, 0.15) is 0 Å². The van der Waals surface area contributed by atoms with Crippen molar-refractivity contribution in [2.45, 2.75) is 70.6 Å². The fraction of sp³-hybridized carbons (Fsp3) is 1.00. The predicted octanol–water partition coefficient (Wildman–Crippen LogP) is 2.08. The summed E-state index contributed by atoms with van der Waals surface area (Å²) in [5.41, 5.74) is 0. The first-order chi connectivity index (χ1) is 7.76. The van der Waals surface area contributed by atoms with Crippen LogP contribution in [0.1, 0.15) is 52.4 Å². The van der Waals surface area contributed by atoms with Gasteiger partial charge < -0.3 is 15.2 Å². The Kier molecular flexibility index (Phi) is 7.01. The number of hydrogen-bond donors (Lipinski definition) is 2. The van der Waals surface area contributed by atoms with E-state index in [4.69, 9.17) is 4.74 Å². The van der Waals surface area contributed by atoms with Crippen LogP contribution in [0.5, 0.6) is 0 Å². The Morgan fingerprint density at radius 1 is 1.38 bits per heavy atom. The van der Waals surface area contributed by atoms with Crippen LogP contribution in [0, 0.1) is 0 Å². The van der Waals surface area contributed by atoms with Crippen molar-refractivity contribution < 1.29 is 9.84 Å². The number of nitrogens with one attached hydrogen (secondary N) is 1. The third kappa shape index (κ3) is 5.28. The molecule has 0 aromatic carbocycles. The Bertz CT molecular complexity index is 173.